The summed E-state index contributed by atoms with van der Waals surface area (Å²) in [5.41, 5.74) is 7.61. The molecule has 4 heteroatoms. The van der Waals surface area contributed by atoms with Gasteiger partial charge in [0.2, 0.25) is 6.79 Å². The maximum absolute atomic E-state index is 8.99. The number of hydrogen-bond donors (Lipinski definition) is 2. The number of nitrogens with two attached hydrogens (primary N) is 1. The summed E-state index contributed by atoms with van der Waals surface area (Å²) >= 11 is 0. The Morgan fingerprint density at radius 3 is 3.00 bits per heavy atom. The minimum Gasteiger partial charge on any atom is -0.454 e. The van der Waals surface area contributed by atoms with E-state index in [1.54, 1.807) is 0 Å². The summed E-state index contributed by atoms with van der Waals surface area (Å²) in [5, 5.41) is 8.99. The predicted octanol–water partition coefficient (Wildman–Crippen LogP) is 0.716. The number of aliphatic hydroxyl groups excluding tert-OH is 1. The minimum atomic E-state index is -0.412. The first-order chi connectivity index (χ1) is 6.72. The summed E-state index contributed by atoms with van der Waals surface area (Å²) in [6.45, 7) is 2.08. The van der Waals surface area contributed by atoms with Crippen LogP contribution in [0.3, 0.4) is 0 Å². The molecule has 3 N–H and O–H groups in total. The average Bonchev–Trinajstić information content (AvgIpc) is 2.62. The van der Waals surface area contributed by atoms with Gasteiger partial charge in [-0.15, -0.1) is 0 Å². The highest BCUT2D eigenvalue weighted by Gasteiger charge is 2.21. The van der Waals surface area contributed by atoms with Crippen LogP contribution in [0.5, 0.6) is 11.5 Å². The molecule has 0 spiro atoms. The van der Waals surface area contributed by atoms with Gasteiger partial charge in [0, 0.05) is 5.56 Å². The number of ether oxygens (including phenoxy) is 2. The highest BCUT2D eigenvalue weighted by Crippen LogP contribution is 2.38. The van der Waals surface area contributed by atoms with Crippen LogP contribution in [0.1, 0.15) is 17.2 Å². The van der Waals surface area contributed by atoms with E-state index < -0.39 is 6.04 Å². The molecular formula is C10H13NO3. The van der Waals surface area contributed by atoms with Crippen molar-refractivity contribution >= 4 is 0 Å². The zero-order valence-electron chi connectivity index (χ0n) is 7.99. The summed E-state index contributed by atoms with van der Waals surface area (Å²) < 4.78 is 10.5. The van der Waals surface area contributed by atoms with E-state index in [0.29, 0.717) is 11.5 Å². The summed E-state index contributed by atoms with van der Waals surface area (Å²) in [5.74, 6) is 1.38. The molecule has 1 heterocycles. The summed E-state index contributed by atoms with van der Waals surface area (Å²) in [7, 11) is 0. The maximum atomic E-state index is 8.99. The van der Waals surface area contributed by atoms with E-state index in [4.69, 9.17) is 20.3 Å². The van der Waals surface area contributed by atoms with Crippen LogP contribution in [0, 0.1) is 6.92 Å². The quantitative estimate of drug-likeness (QED) is 0.729. The van der Waals surface area contributed by atoms with Gasteiger partial charge >= 0.3 is 0 Å². The minimum absolute atomic E-state index is 0.0980. The molecule has 1 unspecified atom stereocenters. The molecule has 14 heavy (non-hydrogen) atoms. The van der Waals surface area contributed by atoms with E-state index in [-0.39, 0.29) is 13.4 Å². The van der Waals surface area contributed by atoms with E-state index in [0.717, 1.165) is 11.1 Å². The van der Waals surface area contributed by atoms with E-state index in [2.05, 4.69) is 0 Å². The van der Waals surface area contributed by atoms with Gasteiger partial charge in [-0.25, -0.2) is 0 Å². The maximum Gasteiger partial charge on any atom is 0.231 e. The molecule has 4 nitrogen and oxygen atoms in total. The van der Waals surface area contributed by atoms with Gasteiger partial charge in [-0.1, -0.05) is 6.07 Å². The third kappa shape index (κ3) is 1.42. The largest absolute Gasteiger partial charge is 0.454 e. The van der Waals surface area contributed by atoms with Crippen molar-refractivity contribution in [2.24, 2.45) is 5.73 Å². The smallest absolute Gasteiger partial charge is 0.231 e. The molecule has 1 aromatic rings. The van der Waals surface area contributed by atoms with Gasteiger partial charge in [0.1, 0.15) is 0 Å². The van der Waals surface area contributed by atoms with Gasteiger partial charge in [-0.05, 0) is 18.6 Å². The number of hydrogen-bond acceptors (Lipinski definition) is 4. The Hall–Kier alpha value is -1.26. The molecule has 0 radical (unpaired) electrons. The van der Waals surface area contributed by atoms with Gasteiger partial charge in [0.15, 0.2) is 11.5 Å². The van der Waals surface area contributed by atoms with E-state index in [9.17, 15) is 0 Å². The zero-order valence-corrected chi connectivity index (χ0v) is 7.99. The lowest BCUT2D eigenvalue weighted by molar-refractivity contribution is 0.172. The number of rotatable bonds is 2. The third-order valence-corrected chi connectivity index (χ3v) is 2.24. The Balaban J connectivity index is 2.48. The van der Waals surface area contributed by atoms with Crippen molar-refractivity contribution in [1.82, 2.24) is 0 Å². The first kappa shape index (κ1) is 9.30. The van der Waals surface area contributed by atoms with Gasteiger partial charge < -0.3 is 20.3 Å². The Morgan fingerprint density at radius 1 is 1.50 bits per heavy atom. The van der Waals surface area contributed by atoms with Crippen LogP contribution < -0.4 is 15.2 Å². The molecule has 2 rings (SSSR count). The van der Waals surface area contributed by atoms with Crippen LogP contribution in [0.25, 0.3) is 0 Å². The Labute approximate surface area is 82.2 Å². The molecule has 76 valence electrons. The fraction of sp³-hybridized carbons (Fsp3) is 0.400. The molecule has 0 fully saturated rings. The van der Waals surface area contributed by atoms with Gasteiger partial charge in [0.25, 0.3) is 0 Å². The Kier molecular flexibility index (Phi) is 2.31. The van der Waals surface area contributed by atoms with E-state index >= 15 is 0 Å². The molecule has 0 aliphatic carbocycles. The van der Waals surface area contributed by atoms with Crippen LogP contribution in [0.2, 0.25) is 0 Å². The summed E-state index contributed by atoms with van der Waals surface area (Å²) in [6.07, 6.45) is 0. The van der Waals surface area contributed by atoms with Crippen molar-refractivity contribution in [3.05, 3.63) is 23.3 Å². The van der Waals surface area contributed by atoms with Crippen LogP contribution in [-0.2, 0) is 0 Å². The van der Waals surface area contributed by atoms with Crippen LogP contribution in [0.4, 0.5) is 0 Å². The fourth-order valence-corrected chi connectivity index (χ4v) is 1.55. The van der Waals surface area contributed by atoms with Crippen molar-refractivity contribution in [3.63, 3.8) is 0 Å². The average molecular weight is 195 g/mol. The second-order valence-corrected chi connectivity index (χ2v) is 3.38. The lowest BCUT2D eigenvalue weighted by atomic mass is 10.0. The highest BCUT2D eigenvalue weighted by atomic mass is 16.7. The summed E-state index contributed by atoms with van der Waals surface area (Å²) in [6, 6.07) is 3.40. The molecule has 1 aliphatic rings. The van der Waals surface area contributed by atoms with Crippen LogP contribution in [-0.4, -0.2) is 18.5 Å². The highest BCUT2D eigenvalue weighted by molar-refractivity contribution is 5.51. The lowest BCUT2D eigenvalue weighted by Gasteiger charge is -2.12. The number of aryl methyl sites for hydroxylation is 1. The number of benzene rings is 1. The first-order valence-electron chi connectivity index (χ1n) is 4.49. The van der Waals surface area contributed by atoms with E-state index in [1.165, 1.54) is 0 Å². The van der Waals surface area contributed by atoms with Gasteiger partial charge in [0.05, 0.1) is 12.6 Å². The predicted molar refractivity (Wildman–Crippen MR) is 51.3 cm³/mol. The number of fused-ring (bicyclic) bond motifs is 1. The monoisotopic (exact) mass is 195 g/mol. The molecule has 0 amide bonds. The second kappa shape index (κ2) is 3.48. The van der Waals surface area contributed by atoms with Gasteiger partial charge in [-0.3, -0.25) is 0 Å². The third-order valence-electron chi connectivity index (χ3n) is 2.24. The van der Waals surface area contributed by atoms with Crippen molar-refractivity contribution in [2.75, 3.05) is 13.4 Å². The summed E-state index contributed by atoms with van der Waals surface area (Å²) in [4.78, 5) is 0. The first-order valence-corrected chi connectivity index (χ1v) is 4.49. The molecular weight excluding hydrogens is 182 g/mol. The van der Waals surface area contributed by atoms with Crippen molar-refractivity contribution < 1.29 is 14.6 Å². The molecule has 0 bridgehead atoms. The Bertz CT molecular complexity index is 351. The fourth-order valence-electron chi connectivity index (χ4n) is 1.55. The van der Waals surface area contributed by atoms with Crippen LogP contribution >= 0.6 is 0 Å². The molecule has 0 aromatic heterocycles. The van der Waals surface area contributed by atoms with Crippen LogP contribution in [0.15, 0.2) is 12.1 Å². The van der Waals surface area contributed by atoms with Crippen molar-refractivity contribution in [3.8, 4) is 11.5 Å². The zero-order chi connectivity index (χ0) is 10.1. The van der Waals surface area contributed by atoms with Crippen molar-refractivity contribution in [2.45, 2.75) is 13.0 Å². The standard InChI is InChI=1S/C10H13NO3/c1-6-2-7(8(11)4-12)10-9(3-6)13-5-14-10/h2-3,8,12H,4-5,11H2,1H3. The lowest BCUT2D eigenvalue weighted by Crippen LogP contribution is -2.15. The molecule has 0 saturated carbocycles. The molecule has 1 aromatic carbocycles. The van der Waals surface area contributed by atoms with Gasteiger partial charge in [-0.2, -0.15) is 0 Å². The van der Waals surface area contributed by atoms with Crippen molar-refractivity contribution in [1.29, 1.82) is 0 Å². The Morgan fingerprint density at radius 2 is 2.29 bits per heavy atom. The van der Waals surface area contributed by atoms with E-state index in [1.807, 2.05) is 19.1 Å². The second-order valence-electron chi connectivity index (χ2n) is 3.38. The molecule has 1 atom stereocenters. The number of aliphatic hydroxyl groups is 1. The normalized spacial score (nSPS) is 15.6. The molecule has 1 aliphatic heterocycles. The SMILES string of the molecule is Cc1cc2c(c(C(N)CO)c1)OCO2. The molecule has 0 saturated heterocycles. The topological polar surface area (TPSA) is 64.7 Å².